The first-order chi connectivity index (χ1) is 17.6. The van der Waals surface area contributed by atoms with E-state index in [0.717, 1.165) is 44.8 Å². The Kier molecular flexibility index (Phi) is 9.26. The quantitative estimate of drug-likeness (QED) is 0.333. The Hall–Kier alpha value is -3.47. The highest BCUT2D eigenvalue weighted by Crippen LogP contribution is 2.23. The first kappa shape index (κ1) is 25.6. The summed E-state index contributed by atoms with van der Waals surface area (Å²) in [5.41, 5.74) is 9.25. The Morgan fingerprint density at radius 1 is 1.11 bits per heavy atom. The number of thiophene rings is 1. The zero-order chi connectivity index (χ0) is 25.2. The van der Waals surface area contributed by atoms with Crippen molar-refractivity contribution in [3.8, 4) is 0 Å². The van der Waals surface area contributed by atoms with Crippen molar-refractivity contribution in [1.82, 2.24) is 20.5 Å². The van der Waals surface area contributed by atoms with Crippen LogP contribution in [0, 0.1) is 0 Å². The van der Waals surface area contributed by atoms with Gasteiger partial charge in [-0.25, -0.2) is 4.79 Å². The first-order valence-corrected chi connectivity index (χ1v) is 13.0. The van der Waals surface area contributed by atoms with Crippen molar-refractivity contribution in [3.63, 3.8) is 0 Å². The van der Waals surface area contributed by atoms with Crippen molar-refractivity contribution >= 4 is 34.6 Å². The van der Waals surface area contributed by atoms with Crippen LogP contribution in [0.1, 0.15) is 34.1 Å². The van der Waals surface area contributed by atoms with Crippen LogP contribution >= 0.6 is 11.3 Å². The lowest BCUT2D eigenvalue weighted by Gasteiger charge is -2.28. The number of carbonyl (C=O) groups excluding carboxylic acids is 2. The van der Waals surface area contributed by atoms with E-state index in [-0.39, 0.29) is 23.7 Å². The zero-order valence-electron chi connectivity index (χ0n) is 20.1. The van der Waals surface area contributed by atoms with Crippen LogP contribution in [-0.2, 0) is 11.2 Å². The summed E-state index contributed by atoms with van der Waals surface area (Å²) in [6, 6.07) is 13.1. The molecule has 1 aliphatic rings. The largest absolute Gasteiger partial charge is 0.396 e. The second-order valence-corrected chi connectivity index (χ2v) is 9.35. The number of amides is 3. The van der Waals surface area contributed by atoms with Gasteiger partial charge in [-0.05, 0) is 30.0 Å². The lowest BCUT2D eigenvalue weighted by atomic mass is 10.0. The Morgan fingerprint density at radius 2 is 1.92 bits per heavy atom. The summed E-state index contributed by atoms with van der Waals surface area (Å²) in [7, 11) is 0. The molecule has 1 fully saturated rings. The number of carbonyl (C=O) groups is 2. The smallest absolute Gasteiger partial charge is 0.315 e. The van der Waals surface area contributed by atoms with Crippen LogP contribution in [0.15, 0.2) is 59.4 Å². The maximum Gasteiger partial charge on any atom is 0.315 e. The van der Waals surface area contributed by atoms with Gasteiger partial charge in [0.15, 0.2) is 0 Å². The number of morpholine rings is 1. The molecule has 1 unspecified atom stereocenters. The third-order valence-electron chi connectivity index (χ3n) is 6.05. The normalized spacial score (nSPS) is 14.7. The summed E-state index contributed by atoms with van der Waals surface area (Å²) < 4.78 is 5.44. The maximum absolute atomic E-state index is 12.7. The van der Waals surface area contributed by atoms with Gasteiger partial charge in [-0.2, -0.15) is 0 Å². The summed E-state index contributed by atoms with van der Waals surface area (Å²) in [6.07, 6.45) is 3.12. The number of nitrogens with zero attached hydrogens (tertiary/aromatic N) is 2. The van der Waals surface area contributed by atoms with Crippen LogP contribution in [-0.4, -0.2) is 61.2 Å². The van der Waals surface area contributed by atoms with Gasteiger partial charge in [-0.3, -0.25) is 14.7 Å². The third kappa shape index (κ3) is 7.51. The number of nitrogen functional groups attached to an aromatic ring is 1. The van der Waals surface area contributed by atoms with E-state index >= 15 is 0 Å². The van der Waals surface area contributed by atoms with Gasteiger partial charge in [0.25, 0.3) is 5.91 Å². The second-order valence-electron chi connectivity index (χ2n) is 8.60. The van der Waals surface area contributed by atoms with Gasteiger partial charge in [-0.1, -0.05) is 36.4 Å². The number of nitrogens with two attached hydrogens (primary N) is 1. The predicted molar refractivity (Wildman–Crippen MR) is 142 cm³/mol. The summed E-state index contributed by atoms with van der Waals surface area (Å²) in [5.74, 6) is -0.330. The van der Waals surface area contributed by atoms with Crippen molar-refractivity contribution in [2.75, 3.05) is 50.4 Å². The van der Waals surface area contributed by atoms with Crippen LogP contribution < -0.4 is 21.7 Å². The van der Waals surface area contributed by atoms with E-state index in [1.807, 2.05) is 36.4 Å². The van der Waals surface area contributed by atoms with Crippen LogP contribution in [0.25, 0.3) is 0 Å². The lowest BCUT2D eigenvalue weighted by molar-refractivity contribution is 0.0362. The Balaban J connectivity index is 1.37. The standard InChI is InChI=1S/C26H32N6O3S/c27-21-17-36-18-24(21)30-25(33)23-7-6-20(16-29-23)22(9-11-32-12-14-35-15-13-32)31-26(34)28-10-8-19-4-2-1-3-5-19/h1-7,16-18,22H,8-15,27H2,(H,30,33)(H2,28,31,34). The average Bonchev–Trinajstić information content (AvgIpc) is 3.31. The van der Waals surface area contributed by atoms with Crippen LogP contribution in [0.5, 0.6) is 0 Å². The molecule has 9 nitrogen and oxygen atoms in total. The fourth-order valence-electron chi connectivity index (χ4n) is 3.97. The molecule has 10 heteroatoms. The number of ether oxygens (including phenoxy) is 1. The van der Waals surface area contributed by atoms with Crippen LogP contribution in [0.3, 0.4) is 0 Å². The molecule has 0 spiro atoms. The van der Waals surface area contributed by atoms with Gasteiger partial charge in [0, 0.05) is 43.1 Å². The summed E-state index contributed by atoms with van der Waals surface area (Å²) >= 11 is 1.42. The number of benzene rings is 1. The second kappa shape index (κ2) is 13.0. The molecule has 190 valence electrons. The maximum atomic E-state index is 12.7. The molecular formula is C26H32N6O3S. The van der Waals surface area contributed by atoms with Gasteiger partial charge in [-0.15, -0.1) is 11.3 Å². The van der Waals surface area contributed by atoms with Crippen molar-refractivity contribution in [2.45, 2.75) is 18.9 Å². The monoisotopic (exact) mass is 508 g/mol. The molecular weight excluding hydrogens is 476 g/mol. The number of nitrogens with one attached hydrogen (secondary N) is 3. The van der Waals surface area contributed by atoms with Gasteiger partial charge in [0.2, 0.25) is 0 Å². The number of anilines is 2. The number of urea groups is 1. The summed E-state index contributed by atoms with van der Waals surface area (Å²) in [5, 5.41) is 12.4. The lowest BCUT2D eigenvalue weighted by Crippen LogP contribution is -2.41. The van der Waals surface area contributed by atoms with Gasteiger partial charge in [0.1, 0.15) is 5.69 Å². The molecule has 3 aromatic rings. The fraction of sp³-hybridized carbons (Fsp3) is 0.346. The number of aromatic nitrogens is 1. The minimum Gasteiger partial charge on any atom is -0.396 e. The summed E-state index contributed by atoms with van der Waals surface area (Å²) in [6.45, 7) is 4.54. The molecule has 2 aromatic heterocycles. The minimum absolute atomic E-state index is 0.229. The highest BCUT2D eigenvalue weighted by atomic mass is 32.1. The molecule has 1 atom stereocenters. The van der Waals surface area contributed by atoms with Crippen molar-refractivity contribution < 1.29 is 14.3 Å². The third-order valence-corrected chi connectivity index (χ3v) is 6.81. The fourth-order valence-corrected chi connectivity index (χ4v) is 4.65. The number of pyridine rings is 1. The first-order valence-electron chi connectivity index (χ1n) is 12.1. The number of rotatable bonds is 10. The SMILES string of the molecule is Nc1cscc1NC(=O)c1ccc(C(CCN2CCOCC2)NC(=O)NCCc2ccccc2)cn1. The summed E-state index contributed by atoms with van der Waals surface area (Å²) in [4.78, 5) is 32.0. The highest BCUT2D eigenvalue weighted by Gasteiger charge is 2.19. The molecule has 36 heavy (non-hydrogen) atoms. The molecule has 0 bridgehead atoms. The predicted octanol–water partition coefficient (Wildman–Crippen LogP) is 3.28. The molecule has 0 radical (unpaired) electrons. The van der Waals surface area contributed by atoms with E-state index in [1.165, 1.54) is 16.9 Å². The molecule has 3 amide bonds. The van der Waals surface area contributed by atoms with E-state index in [0.29, 0.717) is 24.3 Å². The topological polar surface area (TPSA) is 122 Å². The molecule has 0 saturated carbocycles. The molecule has 3 heterocycles. The number of hydrogen-bond acceptors (Lipinski definition) is 7. The van der Waals surface area contributed by atoms with E-state index in [4.69, 9.17) is 10.5 Å². The Labute approximate surface area is 215 Å². The molecule has 1 aromatic carbocycles. The number of hydrogen-bond donors (Lipinski definition) is 4. The van der Waals surface area contributed by atoms with Gasteiger partial charge >= 0.3 is 6.03 Å². The van der Waals surface area contributed by atoms with Crippen LogP contribution in [0.4, 0.5) is 16.2 Å². The minimum atomic E-state index is -0.330. The van der Waals surface area contributed by atoms with Crippen molar-refractivity contribution in [2.24, 2.45) is 0 Å². The Bertz CT molecular complexity index is 1120. The van der Waals surface area contributed by atoms with E-state index < -0.39 is 0 Å². The van der Waals surface area contributed by atoms with Gasteiger partial charge in [0.05, 0.1) is 30.6 Å². The van der Waals surface area contributed by atoms with E-state index in [1.54, 1.807) is 23.0 Å². The molecule has 5 N–H and O–H groups in total. The van der Waals surface area contributed by atoms with Crippen molar-refractivity contribution in [1.29, 1.82) is 0 Å². The molecule has 1 aliphatic heterocycles. The zero-order valence-corrected chi connectivity index (χ0v) is 20.9. The van der Waals surface area contributed by atoms with E-state index in [2.05, 4.69) is 25.8 Å². The average molecular weight is 509 g/mol. The van der Waals surface area contributed by atoms with Gasteiger partial charge < -0.3 is 26.4 Å². The Morgan fingerprint density at radius 3 is 2.61 bits per heavy atom. The van der Waals surface area contributed by atoms with E-state index in [9.17, 15) is 9.59 Å². The highest BCUT2D eigenvalue weighted by molar-refractivity contribution is 7.09. The molecule has 0 aliphatic carbocycles. The van der Waals surface area contributed by atoms with Crippen molar-refractivity contribution in [3.05, 3.63) is 76.2 Å². The molecule has 1 saturated heterocycles. The van der Waals surface area contributed by atoms with Crippen LogP contribution in [0.2, 0.25) is 0 Å². The molecule has 4 rings (SSSR count).